The Hall–Kier alpha value is -4.93. The van der Waals surface area contributed by atoms with Crippen LogP contribution in [0.3, 0.4) is 0 Å². The molecule has 2 heterocycles. The van der Waals surface area contributed by atoms with Crippen LogP contribution in [0.2, 0.25) is 5.02 Å². The summed E-state index contributed by atoms with van der Waals surface area (Å²) in [4.78, 5) is 28.0. The molecule has 0 saturated heterocycles. The molecule has 0 unspecified atom stereocenters. The number of para-hydroxylation sites is 1. The van der Waals surface area contributed by atoms with Gasteiger partial charge in [-0.1, -0.05) is 54.1 Å². The lowest BCUT2D eigenvalue weighted by atomic mass is 9.93. The van der Waals surface area contributed by atoms with Crippen LogP contribution in [0.4, 0.5) is 0 Å². The highest BCUT2D eigenvalue weighted by Crippen LogP contribution is 2.31. The number of rotatable bonds is 7. The van der Waals surface area contributed by atoms with Crippen LogP contribution in [0.15, 0.2) is 102 Å². The van der Waals surface area contributed by atoms with Gasteiger partial charge in [0.15, 0.2) is 0 Å². The smallest absolute Gasteiger partial charge is 0.271 e. The minimum absolute atomic E-state index is 0.0518. The van der Waals surface area contributed by atoms with Gasteiger partial charge in [-0.15, -0.1) is 0 Å². The zero-order chi connectivity index (χ0) is 28.2. The summed E-state index contributed by atoms with van der Waals surface area (Å²) < 4.78 is 6.94. The molecule has 1 aromatic heterocycles. The molecule has 1 aliphatic heterocycles. The maximum atomic E-state index is 13.7. The maximum Gasteiger partial charge on any atom is 0.271 e. The molecule has 4 aromatic rings. The molecule has 0 fully saturated rings. The molecule has 3 aromatic carbocycles. The van der Waals surface area contributed by atoms with E-state index in [1.54, 1.807) is 36.9 Å². The summed E-state index contributed by atoms with van der Waals surface area (Å²) >= 11 is 6.12. The summed E-state index contributed by atoms with van der Waals surface area (Å²) in [5, 5.41) is 15.2. The normalized spacial score (nSPS) is 14.6. The van der Waals surface area contributed by atoms with Crippen molar-refractivity contribution in [2.75, 3.05) is 13.7 Å². The van der Waals surface area contributed by atoms with Gasteiger partial charge in [-0.25, -0.2) is 4.68 Å². The SMILES string of the molecule is COc1ccc(CCN2C(=O)C(C#N)=C(C)/C(=C\c3cn(-c4ccccc4)nc3-c3ccc(Cl)cc3)C2=O)cc1. The van der Waals surface area contributed by atoms with Crippen molar-refractivity contribution in [2.24, 2.45) is 0 Å². The van der Waals surface area contributed by atoms with E-state index in [1.165, 1.54) is 0 Å². The number of hydrogen-bond donors (Lipinski definition) is 0. The van der Waals surface area contributed by atoms with Crippen molar-refractivity contribution in [3.63, 3.8) is 0 Å². The number of carbonyl (C=O) groups is 2. The number of hydrogen-bond acceptors (Lipinski definition) is 5. The van der Waals surface area contributed by atoms with Gasteiger partial charge in [-0.05, 0) is 67.0 Å². The summed E-state index contributed by atoms with van der Waals surface area (Å²) in [7, 11) is 1.59. The van der Waals surface area contributed by atoms with Crippen molar-refractivity contribution in [2.45, 2.75) is 13.3 Å². The van der Waals surface area contributed by atoms with Gasteiger partial charge >= 0.3 is 0 Å². The second-order valence-corrected chi connectivity index (χ2v) is 9.69. The van der Waals surface area contributed by atoms with Crippen molar-refractivity contribution in [3.8, 4) is 28.8 Å². The number of nitriles is 1. The highest BCUT2D eigenvalue weighted by molar-refractivity contribution is 6.30. The number of methoxy groups -OCH3 is 1. The number of ether oxygens (including phenoxy) is 1. The number of nitrogens with zero attached hydrogens (tertiary/aromatic N) is 4. The fourth-order valence-electron chi connectivity index (χ4n) is 4.56. The Kier molecular flexibility index (Phi) is 7.63. The minimum Gasteiger partial charge on any atom is -0.497 e. The first-order chi connectivity index (χ1) is 19.4. The maximum absolute atomic E-state index is 13.7. The highest BCUT2D eigenvalue weighted by atomic mass is 35.5. The molecule has 0 radical (unpaired) electrons. The van der Waals surface area contributed by atoms with Gasteiger partial charge < -0.3 is 4.74 Å². The Morgan fingerprint density at radius 3 is 2.33 bits per heavy atom. The van der Waals surface area contributed by atoms with E-state index in [0.717, 1.165) is 27.5 Å². The van der Waals surface area contributed by atoms with Gasteiger partial charge in [0.05, 0.1) is 18.5 Å². The first-order valence-electron chi connectivity index (χ1n) is 12.6. The lowest BCUT2D eigenvalue weighted by molar-refractivity contribution is -0.140. The average molecular weight is 549 g/mol. The molecule has 0 spiro atoms. The number of amides is 2. The van der Waals surface area contributed by atoms with Gasteiger partial charge in [0.25, 0.3) is 11.8 Å². The van der Waals surface area contributed by atoms with Crippen molar-refractivity contribution in [3.05, 3.63) is 118 Å². The van der Waals surface area contributed by atoms with E-state index in [-0.39, 0.29) is 17.7 Å². The van der Waals surface area contributed by atoms with Crippen LogP contribution in [-0.2, 0) is 16.0 Å². The van der Waals surface area contributed by atoms with E-state index in [4.69, 9.17) is 21.4 Å². The molecule has 7 nitrogen and oxygen atoms in total. The third kappa shape index (κ3) is 5.31. The van der Waals surface area contributed by atoms with E-state index in [2.05, 4.69) is 0 Å². The number of imide groups is 1. The van der Waals surface area contributed by atoms with E-state index < -0.39 is 11.8 Å². The first kappa shape index (κ1) is 26.7. The monoisotopic (exact) mass is 548 g/mol. The van der Waals surface area contributed by atoms with Gasteiger partial charge in [-0.2, -0.15) is 10.4 Å². The summed E-state index contributed by atoms with van der Waals surface area (Å²) in [6, 6.07) is 26.3. The summed E-state index contributed by atoms with van der Waals surface area (Å²) in [5.41, 5.74) is 4.45. The molecule has 0 N–H and O–H groups in total. The van der Waals surface area contributed by atoms with Crippen LogP contribution in [0, 0.1) is 11.3 Å². The largest absolute Gasteiger partial charge is 0.497 e. The molecule has 0 aliphatic carbocycles. The quantitative estimate of drug-likeness (QED) is 0.208. The molecule has 0 bridgehead atoms. The molecule has 198 valence electrons. The number of benzene rings is 3. The Bertz CT molecular complexity index is 1680. The first-order valence-corrected chi connectivity index (χ1v) is 13.0. The lowest BCUT2D eigenvalue weighted by Gasteiger charge is -2.27. The molecular weight excluding hydrogens is 524 g/mol. The molecule has 1 aliphatic rings. The van der Waals surface area contributed by atoms with Gasteiger partial charge in [-0.3, -0.25) is 14.5 Å². The van der Waals surface area contributed by atoms with Gasteiger partial charge in [0, 0.05) is 34.5 Å². The molecule has 8 heteroatoms. The summed E-state index contributed by atoms with van der Waals surface area (Å²) in [6.45, 7) is 1.76. The van der Waals surface area contributed by atoms with Crippen LogP contribution >= 0.6 is 11.6 Å². The van der Waals surface area contributed by atoms with Crippen LogP contribution in [0.5, 0.6) is 5.75 Å². The predicted molar refractivity (Wildman–Crippen MR) is 154 cm³/mol. The fraction of sp³-hybridized carbons (Fsp3) is 0.125. The van der Waals surface area contributed by atoms with Crippen molar-refractivity contribution in [1.29, 1.82) is 5.26 Å². The predicted octanol–water partition coefficient (Wildman–Crippen LogP) is 6.04. The van der Waals surface area contributed by atoms with Crippen LogP contribution in [0.25, 0.3) is 23.0 Å². The lowest BCUT2D eigenvalue weighted by Crippen LogP contribution is -2.43. The third-order valence-corrected chi connectivity index (χ3v) is 7.04. The molecule has 5 rings (SSSR count). The zero-order valence-corrected chi connectivity index (χ0v) is 22.7. The number of aromatic nitrogens is 2. The minimum atomic E-state index is -0.589. The zero-order valence-electron chi connectivity index (χ0n) is 22.0. The van der Waals surface area contributed by atoms with Crippen molar-refractivity contribution >= 4 is 29.5 Å². The van der Waals surface area contributed by atoms with Crippen molar-refractivity contribution < 1.29 is 14.3 Å². The molecule has 2 amide bonds. The third-order valence-electron chi connectivity index (χ3n) is 6.79. The topological polar surface area (TPSA) is 88.2 Å². The van der Waals surface area contributed by atoms with E-state index >= 15 is 0 Å². The second-order valence-electron chi connectivity index (χ2n) is 9.25. The molecular formula is C32H25ClN4O3. The Labute approximate surface area is 237 Å². The Balaban J connectivity index is 1.56. The molecule has 40 heavy (non-hydrogen) atoms. The fourth-order valence-corrected chi connectivity index (χ4v) is 4.69. The highest BCUT2D eigenvalue weighted by Gasteiger charge is 2.35. The number of halogens is 1. The van der Waals surface area contributed by atoms with Crippen LogP contribution < -0.4 is 4.74 Å². The van der Waals surface area contributed by atoms with E-state index in [9.17, 15) is 14.9 Å². The second kappa shape index (κ2) is 11.4. The van der Waals surface area contributed by atoms with Gasteiger partial charge in [0.1, 0.15) is 17.4 Å². The standard InChI is InChI=1S/C32H25ClN4O3/c1-21-28(31(38)36(32(39)29(21)19-34)17-16-22-8-14-27(40-2)15-9-22)18-24-20-37(26-6-4-3-5-7-26)35-30(24)23-10-12-25(33)13-11-23/h3-15,18,20H,16-17H2,1-2H3/b28-18+. The molecule has 0 atom stereocenters. The Morgan fingerprint density at radius 2 is 1.68 bits per heavy atom. The van der Waals surface area contributed by atoms with Crippen molar-refractivity contribution in [1.82, 2.24) is 14.7 Å². The van der Waals surface area contributed by atoms with E-state index in [0.29, 0.717) is 28.3 Å². The van der Waals surface area contributed by atoms with Crippen LogP contribution in [0.1, 0.15) is 18.1 Å². The number of carbonyl (C=O) groups excluding carboxylic acids is 2. The van der Waals surface area contributed by atoms with Gasteiger partial charge in [0.2, 0.25) is 0 Å². The van der Waals surface area contributed by atoms with E-state index in [1.807, 2.05) is 79.0 Å². The average Bonchev–Trinajstić information content (AvgIpc) is 3.40. The summed E-state index contributed by atoms with van der Waals surface area (Å²) in [6.07, 6.45) is 3.98. The summed E-state index contributed by atoms with van der Waals surface area (Å²) in [5.74, 6) is -0.324. The van der Waals surface area contributed by atoms with Crippen LogP contribution in [-0.4, -0.2) is 40.1 Å². The molecule has 0 saturated carbocycles. The Morgan fingerprint density at radius 1 is 0.975 bits per heavy atom.